The normalized spacial score (nSPS) is 14.0. The van der Waals surface area contributed by atoms with Crippen LogP contribution in [0.4, 0.5) is 36.4 Å². The summed E-state index contributed by atoms with van der Waals surface area (Å²) < 4.78 is 47.5. The van der Waals surface area contributed by atoms with E-state index in [2.05, 4.69) is 57.8 Å². The number of carbonyl (C=O) groups excluding carboxylic acids is 3. The first-order valence-corrected chi connectivity index (χ1v) is 24.9. The summed E-state index contributed by atoms with van der Waals surface area (Å²) in [5.41, 5.74) is 5.54. The minimum Gasteiger partial charge on any atom is -0.370 e. The van der Waals surface area contributed by atoms with Crippen LogP contribution in [0.15, 0.2) is 97.7 Å². The zero-order valence-electron chi connectivity index (χ0n) is 42.1. The largest absolute Gasteiger partial charge is 0.416 e. The summed E-state index contributed by atoms with van der Waals surface area (Å²) in [5, 5.41) is 44.0. The van der Waals surface area contributed by atoms with E-state index >= 15 is 0 Å². The Labute approximate surface area is 439 Å². The number of rotatable bonds is 18. The number of hydrogen-bond donors (Lipinski definition) is 4. The molecule has 2 aliphatic heterocycles. The van der Waals surface area contributed by atoms with E-state index in [-0.39, 0.29) is 54.2 Å². The van der Waals surface area contributed by atoms with E-state index in [0.717, 1.165) is 35.2 Å². The van der Waals surface area contributed by atoms with E-state index in [1.807, 2.05) is 43.4 Å². The van der Waals surface area contributed by atoms with Gasteiger partial charge in [-0.25, -0.2) is 9.97 Å². The van der Waals surface area contributed by atoms with Gasteiger partial charge in [0.15, 0.2) is 11.6 Å². The van der Waals surface area contributed by atoms with Crippen molar-refractivity contribution in [2.45, 2.75) is 45.1 Å². The molecule has 1 aliphatic carbocycles. The van der Waals surface area contributed by atoms with Crippen LogP contribution in [0.25, 0.3) is 45.2 Å². The van der Waals surface area contributed by atoms with Gasteiger partial charge in [0.05, 0.1) is 54.3 Å². The van der Waals surface area contributed by atoms with Crippen molar-refractivity contribution < 1.29 is 27.6 Å². The van der Waals surface area contributed by atoms with E-state index < -0.39 is 17.6 Å². The monoisotopic (exact) mass is 1040 g/mol. The number of alkyl halides is 3. The molecular formula is C54H50F3N17O3. The maximum atomic E-state index is 14.2. The van der Waals surface area contributed by atoms with Gasteiger partial charge >= 0.3 is 6.18 Å². The Morgan fingerprint density at radius 3 is 2.17 bits per heavy atom. The first-order chi connectivity index (χ1) is 37.2. The van der Waals surface area contributed by atoms with E-state index in [1.54, 1.807) is 69.6 Å². The zero-order chi connectivity index (χ0) is 53.5. The number of amides is 3. The number of anilines is 4. The first kappa shape index (κ1) is 49.9. The van der Waals surface area contributed by atoms with E-state index in [9.17, 15) is 32.8 Å². The number of hydrogen-bond acceptors (Lipinski definition) is 14. The smallest absolute Gasteiger partial charge is 0.370 e. The van der Waals surface area contributed by atoms with E-state index in [1.165, 1.54) is 36.2 Å². The van der Waals surface area contributed by atoms with Crippen LogP contribution in [0, 0.1) is 17.2 Å². The molecule has 3 aliphatic rings. The van der Waals surface area contributed by atoms with Gasteiger partial charge in [0.2, 0.25) is 5.91 Å². The third-order valence-electron chi connectivity index (χ3n) is 13.9. The Balaban J connectivity index is 0.803. The minimum absolute atomic E-state index is 0.0547. The molecule has 0 bridgehead atoms. The number of halogens is 3. The maximum Gasteiger partial charge on any atom is 0.416 e. The number of nitriles is 1. The number of nitrogens with one attached hydrogen (secondary N) is 4. The van der Waals surface area contributed by atoms with Crippen molar-refractivity contribution in [3.63, 3.8) is 0 Å². The molecule has 0 atom stereocenters. The van der Waals surface area contributed by atoms with Gasteiger partial charge in [0.25, 0.3) is 11.8 Å². The van der Waals surface area contributed by atoms with Gasteiger partial charge in [-0.05, 0) is 120 Å². The van der Waals surface area contributed by atoms with Crippen LogP contribution in [0.1, 0.15) is 67.8 Å². The highest BCUT2D eigenvalue weighted by molar-refractivity contribution is 6.11. The van der Waals surface area contributed by atoms with Crippen LogP contribution >= 0.6 is 0 Å². The molecule has 4 N–H and O–H groups in total. The summed E-state index contributed by atoms with van der Waals surface area (Å²) in [6, 6.07) is 24.0. The molecule has 0 unspecified atom stereocenters. The lowest BCUT2D eigenvalue weighted by Gasteiger charge is -2.19. The third kappa shape index (κ3) is 10.2. The second kappa shape index (κ2) is 20.4. The Hall–Kier alpha value is -9.30. The van der Waals surface area contributed by atoms with Crippen molar-refractivity contribution in [2.75, 3.05) is 46.6 Å². The van der Waals surface area contributed by atoms with Crippen molar-refractivity contribution in [3.05, 3.63) is 137 Å². The summed E-state index contributed by atoms with van der Waals surface area (Å²) in [6.07, 6.45) is 2.99. The predicted octanol–water partition coefficient (Wildman–Crippen LogP) is 6.88. The standard InChI is InChI=1S/C54H50F3N17O3/c1-70-29-63-68-50(70)37-13-11-32(22-58)16-39(37)35-18-44(66-46(20-35)73-27-34-12-10-33(17-40(34)53(73)77)24-59-23-31-8-9-31)60-14-5-15-61-48(75)26-62-45-19-36(49-41(25-65-72(49)3)51-69-64-30-71(51)2)21-47(67-45)74-28-42-38(52(74)76)6-4-7-43(42)54(55,56)57/h4,6-7,10-13,16-21,25,29-31,59H,5,8-9,14-15,23-24,26-28H2,1-3H3,(H,60,66)(H,61,75)(H,62,67). The van der Waals surface area contributed by atoms with Crippen LogP contribution in [-0.2, 0) is 51.7 Å². The predicted molar refractivity (Wildman–Crippen MR) is 279 cm³/mol. The van der Waals surface area contributed by atoms with Crippen molar-refractivity contribution in [2.24, 2.45) is 27.1 Å². The molecule has 8 aromatic rings. The Morgan fingerprint density at radius 1 is 0.753 bits per heavy atom. The minimum atomic E-state index is -4.69. The SMILES string of the molecule is Cn1cnnc1-c1ccc(C#N)cc1-c1cc(NCCCNC(=O)CNc2cc(-c3c(-c4nncn4C)cnn3C)cc(N3Cc4c(cccc4C(F)(F)F)C3=O)n2)nc(N2Cc3ccc(CNCC4CC4)cc3C2=O)c1. The molecule has 0 radical (unpaired) electrons. The number of aryl methyl sites for hydroxylation is 3. The molecular weight excluding hydrogens is 992 g/mol. The number of aromatic nitrogens is 10. The molecule has 3 aromatic carbocycles. The summed E-state index contributed by atoms with van der Waals surface area (Å²) in [6.45, 7) is 1.92. The fourth-order valence-electron chi connectivity index (χ4n) is 9.76. The van der Waals surface area contributed by atoms with Gasteiger partial charge in [-0.1, -0.05) is 18.2 Å². The molecule has 11 rings (SSSR count). The zero-order valence-corrected chi connectivity index (χ0v) is 42.1. The topological polar surface area (TPSA) is 235 Å². The average Bonchev–Trinajstić information content (AvgIpc) is 3.81. The molecule has 0 spiro atoms. The number of fused-ring (bicyclic) bond motifs is 2. The quantitative estimate of drug-likeness (QED) is 0.0642. The molecule has 3 amide bonds. The van der Waals surface area contributed by atoms with Crippen molar-refractivity contribution in [1.29, 1.82) is 5.26 Å². The maximum absolute atomic E-state index is 14.2. The van der Waals surface area contributed by atoms with Crippen molar-refractivity contribution in [3.8, 4) is 51.2 Å². The molecule has 1 fully saturated rings. The van der Waals surface area contributed by atoms with E-state index in [0.29, 0.717) is 88.4 Å². The molecule has 20 nitrogen and oxygen atoms in total. The van der Waals surface area contributed by atoms with Crippen LogP contribution < -0.4 is 31.1 Å². The van der Waals surface area contributed by atoms with Crippen LogP contribution in [-0.4, -0.2) is 93.2 Å². The fraction of sp³-hybridized carbons (Fsp3) is 0.278. The highest BCUT2D eigenvalue weighted by Crippen LogP contribution is 2.41. The summed E-state index contributed by atoms with van der Waals surface area (Å²) >= 11 is 0. The second-order valence-corrected chi connectivity index (χ2v) is 19.3. The van der Waals surface area contributed by atoms with E-state index in [4.69, 9.17) is 4.98 Å². The fourth-order valence-corrected chi connectivity index (χ4v) is 9.76. The number of nitrogens with zero attached hydrogens (tertiary/aromatic N) is 13. The number of carbonyl (C=O) groups is 3. The molecule has 77 heavy (non-hydrogen) atoms. The molecule has 390 valence electrons. The lowest BCUT2D eigenvalue weighted by atomic mass is 9.97. The average molecular weight is 1040 g/mol. The second-order valence-electron chi connectivity index (χ2n) is 19.3. The lowest BCUT2D eigenvalue weighted by molar-refractivity contribution is -0.138. The molecule has 23 heteroatoms. The van der Waals surface area contributed by atoms with Crippen LogP contribution in [0.3, 0.4) is 0 Å². The van der Waals surface area contributed by atoms with Gasteiger partial charge in [-0.15, -0.1) is 20.4 Å². The van der Waals surface area contributed by atoms with Gasteiger partial charge in [0.1, 0.15) is 35.9 Å². The van der Waals surface area contributed by atoms with Crippen LogP contribution in [0.2, 0.25) is 0 Å². The van der Waals surface area contributed by atoms with Crippen LogP contribution in [0.5, 0.6) is 0 Å². The third-order valence-corrected chi connectivity index (χ3v) is 13.9. The van der Waals surface area contributed by atoms with Gasteiger partial charge in [0, 0.05) is 63.0 Å². The van der Waals surface area contributed by atoms with Crippen molar-refractivity contribution in [1.82, 2.24) is 59.9 Å². The molecule has 7 heterocycles. The van der Waals surface area contributed by atoms with Gasteiger partial charge in [-0.2, -0.15) is 23.5 Å². The lowest BCUT2D eigenvalue weighted by Crippen LogP contribution is -2.31. The molecule has 5 aromatic heterocycles. The molecule has 1 saturated carbocycles. The summed E-state index contributed by atoms with van der Waals surface area (Å²) in [7, 11) is 5.32. The van der Waals surface area contributed by atoms with Crippen molar-refractivity contribution >= 4 is 41.0 Å². The first-order valence-electron chi connectivity index (χ1n) is 24.9. The van der Waals surface area contributed by atoms with Gasteiger partial charge in [-0.3, -0.25) is 28.9 Å². The van der Waals surface area contributed by atoms with Gasteiger partial charge < -0.3 is 30.4 Å². The highest BCUT2D eigenvalue weighted by atomic mass is 19.4. The Bertz CT molecular complexity index is 3670. The summed E-state index contributed by atoms with van der Waals surface area (Å²) in [5.74, 6) is 1.67. The number of benzene rings is 3. The Morgan fingerprint density at radius 2 is 1.45 bits per heavy atom. The number of pyridine rings is 2. The summed E-state index contributed by atoms with van der Waals surface area (Å²) in [4.78, 5) is 53.9. The highest BCUT2D eigenvalue weighted by Gasteiger charge is 2.40. The Kier molecular flexibility index (Phi) is 13.2. The molecule has 0 saturated heterocycles.